The maximum atomic E-state index is 15.2. The Kier molecular flexibility index (Phi) is 5.73. The van der Waals surface area contributed by atoms with Crippen molar-refractivity contribution < 1.29 is 51.8 Å². The number of rotatable bonds is 4. The van der Waals surface area contributed by atoms with Gasteiger partial charge in [0.2, 0.25) is 12.2 Å². The highest BCUT2D eigenvalue weighted by Gasteiger charge is 2.59. The minimum Gasteiger partial charge on any atom is -0.404 e. The molecule has 15 heteroatoms. The van der Waals surface area contributed by atoms with Gasteiger partial charge in [0.25, 0.3) is 11.8 Å². The van der Waals surface area contributed by atoms with Gasteiger partial charge < -0.3 is 34.8 Å². The second kappa shape index (κ2) is 7.94. The number of halogens is 3. The van der Waals surface area contributed by atoms with Gasteiger partial charge in [-0.25, -0.2) is 8.96 Å². The van der Waals surface area contributed by atoms with Gasteiger partial charge in [0.15, 0.2) is 6.23 Å². The molecule has 1 fully saturated rings. The lowest BCUT2D eigenvalue weighted by Crippen LogP contribution is -2.56. The molecule has 0 bridgehead atoms. The van der Waals surface area contributed by atoms with E-state index in [1.165, 1.54) is 18.2 Å². The topological polar surface area (TPSA) is 147 Å². The van der Waals surface area contributed by atoms with Gasteiger partial charge in [0, 0.05) is 16.8 Å². The monoisotopic (exact) mass is 484 g/mol. The number of carbonyl (C=O) groups excluding carboxylic acids is 1. The Morgan fingerprint density at radius 1 is 1.39 bits per heavy atom. The summed E-state index contributed by atoms with van der Waals surface area (Å²) in [5.74, 6) is -5.61. The fraction of sp³-hybridized carbons (Fsp3) is 0.438. The van der Waals surface area contributed by atoms with Crippen molar-refractivity contribution in [2.24, 2.45) is 0 Å². The van der Waals surface area contributed by atoms with Gasteiger partial charge in [-0.05, 0) is 18.2 Å². The molecule has 1 aromatic rings. The molecular weight excluding hydrogens is 469 g/mol. The number of alkyl halides is 1. The highest BCUT2D eigenvalue weighted by atomic mass is 35.5. The van der Waals surface area contributed by atoms with Crippen LogP contribution in [0.25, 0.3) is 0 Å². The molecule has 3 aliphatic rings. The van der Waals surface area contributed by atoms with E-state index in [0.717, 1.165) is 0 Å². The number of phosphoric ester groups is 1. The molecule has 4 N–H and O–H groups in total. The van der Waals surface area contributed by atoms with Crippen LogP contribution in [0.15, 0.2) is 30.2 Å². The molecule has 1 amide bonds. The molecule has 31 heavy (non-hydrogen) atoms. The minimum absolute atomic E-state index is 0.130. The first-order valence-electron chi connectivity index (χ1n) is 8.75. The summed E-state index contributed by atoms with van der Waals surface area (Å²) >= 11 is 5.85. The number of amides is 1. The molecule has 170 valence electrons. The van der Waals surface area contributed by atoms with E-state index in [1.807, 2.05) is 0 Å². The van der Waals surface area contributed by atoms with Gasteiger partial charge in [-0.1, -0.05) is 11.6 Å². The standard InChI is InChI=1S/C16H16ClF2N2O9P/c17-8-1-2-10-7(3-8)5-27-31(26,30-10)28-6-16(19)12(23)11(22)14(29-16)21-4-9(18)13(24)20-15(21)25/h1-4,11-12,14-15,22-23,25H,5-6H2,(H,20,24)/t11-,12+,14-,15?,16-,31?/m1/s1. The van der Waals surface area contributed by atoms with Crippen LogP contribution in [-0.2, 0) is 29.8 Å². The van der Waals surface area contributed by atoms with Crippen molar-refractivity contribution in [1.82, 2.24) is 10.2 Å². The molecule has 4 rings (SSSR count). The van der Waals surface area contributed by atoms with Crippen molar-refractivity contribution in [3.8, 4) is 5.75 Å². The number of fused-ring (bicyclic) bond motifs is 1. The second-order valence-corrected chi connectivity index (χ2v) is 8.87. The summed E-state index contributed by atoms with van der Waals surface area (Å²) in [4.78, 5) is 11.7. The highest BCUT2D eigenvalue weighted by molar-refractivity contribution is 7.49. The van der Waals surface area contributed by atoms with Gasteiger partial charge >= 0.3 is 7.82 Å². The summed E-state index contributed by atoms with van der Waals surface area (Å²) in [6, 6.07) is 4.39. The zero-order valence-electron chi connectivity index (χ0n) is 15.4. The molecule has 0 aromatic heterocycles. The van der Waals surface area contributed by atoms with Crippen LogP contribution >= 0.6 is 19.4 Å². The predicted octanol–water partition coefficient (Wildman–Crippen LogP) is 0.636. The molecule has 0 aliphatic carbocycles. The number of aliphatic hydroxyl groups excluding tert-OH is 3. The fourth-order valence-corrected chi connectivity index (χ4v) is 4.54. The summed E-state index contributed by atoms with van der Waals surface area (Å²) in [5, 5.41) is 32.3. The Labute approximate surface area is 178 Å². The van der Waals surface area contributed by atoms with Gasteiger partial charge in [0.1, 0.15) is 24.6 Å². The minimum atomic E-state index is -4.33. The number of nitrogens with one attached hydrogen (secondary N) is 1. The zero-order chi connectivity index (χ0) is 22.6. The van der Waals surface area contributed by atoms with E-state index < -0.39 is 56.8 Å². The number of hydrogen-bond acceptors (Lipinski definition) is 10. The zero-order valence-corrected chi connectivity index (χ0v) is 17.0. The number of carbonyl (C=O) groups is 1. The number of hydrogen-bond donors (Lipinski definition) is 4. The molecule has 0 radical (unpaired) electrons. The normalized spacial score (nSPS) is 37.7. The lowest BCUT2D eigenvalue weighted by atomic mass is 10.1. The maximum absolute atomic E-state index is 15.2. The number of phosphoric acid groups is 1. The predicted molar refractivity (Wildman–Crippen MR) is 96.3 cm³/mol. The van der Waals surface area contributed by atoms with E-state index in [2.05, 4.69) is 0 Å². The first-order chi connectivity index (χ1) is 14.5. The average molecular weight is 485 g/mol. The second-order valence-electron chi connectivity index (χ2n) is 6.84. The first kappa shape index (κ1) is 22.4. The molecule has 11 nitrogen and oxygen atoms in total. The summed E-state index contributed by atoms with van der Waals surface area (Å²) < 4.78 is 61.5. The number of aliphatic hydroxyl groups is 3. The summed E-state index contributed by atoms with van der Waals surface area (Å²) in [6.45, 7) is -1.44. The quantitative estimate of drug-likeness (QED) is 0.449. The molecule has 0 spiro atoms. The molecule has 0 saturated carbocycles. The van der Waals surface area contributed by atoms with E-state index in [4.69, 9.17) is 29.9 Å². The van der Waals surface area contributed by atoms with Gasteiger partial charge in [0.05, 0.1) is 6.61 Å². The third kappa shape index (κ3) is 4.15. The summed E-state index contributed by atoms with van der Waals surface area (Å²) in [5.41, 5.74) is 0.472. The Morgan fingerprint density at radius 2 is 2.13 bits per heavy atom. The van der Waals surface area contributed by atoms with Crippen LogP contribution in [-0.4, -0.2) is 63.4 Å². The Balaban J connectivity index is 1.47. The van der Waals surface area contributed by atoms with E-state index in [0.29, 0.717) is 21.7 Å². The molecule has 3 aliphatic heterocycles. The van der Waals surface area contributed by atoms with Crippen LogP contribution in [0, 0.1) is 0 Å². The third-order valence-corrected chi connectivity index (χ3v) is 6.27. The summed E-state index contributed by atoms with van der Waals surface area (Å²) in [6.07, 6.45) is -7.51. The van der Waals surface area contributed by atoms with Crippen molar-refractivity contribution >= 4 is 25.3 Å². The molecule has 2 unspecified atom stereocenters. The van der Waals surface area contributed by atoms with Crippen LogP contribution in [0.4, 0.5) is 8.78 Å². The van der Waals surface area contributed by atoms with Gasteiger partial charge in [-0.3, -0.25) is 13.8 Å². The maximum Gasteiger partial charge on any atom is 0.530 e. The Hall–Kier alpha value is -1.83. The van der Waals surface area contributed by atoms with E-state index >= 15 is 4.39 Å². The Morgan fingerprint density at radius 3 is 2.87 bits per heavy atom. The van der Waals surface area contributed by atoms with Crippen molar-refractivity contribution in [3.63, 3.8) is 0 Å². The fourth-order valence-electron chi connectivity index (χ4n) is 3.12. The van der Waals surface area contributed by atoms with E-state index in [9.17, 15) is 29.1 Å². The first-order valence-corrected chi connectivity index (χ1v) is 10.6. The molecule has 3 heterocycles. The van der Waals surface area contributed by atoms with Crippen molar-refractivity contribution in [2.45, 2.75) is 37.2 Å². The van der Waals surface area contributed by atoms with Crippen LogP contribution in [0.1, 0.15) is 5.56 Å². The Bertz CT molecular complexity index is 984. The smallest absolute Gasteiger partial charge is 0.404 e. The van der Waals surface area contributed by atoms with E-state index in [1.54, 1.807) is 5.32 Å². The van der Waals surface area contributed by atoms with Crippen LogP contribution in [0.5, 0.6) is 5.75 Å². The van der Waals surface area contributed by atoms with Crippen LogP contribution in [0.3, 0.4) is 0 Å². The number of benzene rings is 1. The van der Waals surface area contributed by atoms with Crippen molar-refractivity contribution in [2.75, 3.05) is 6.61 Å². The van der Waals surface area contributed by atoms with Crippen molar-refractivity contribution in [1.29, 1.82) is 0 Å². The van der Waals surface area contributed by atoms with Gasteiger partial charge in [-0.15, -0.1) is 0 Å². The molecule has 1 saturated heterocycles. The lowest BCUT2D eigenvalue weighted by molar-refractivity contribution is -0.225. The average Bonchev–Trinajstić information content (AvgIpc) is 2.94. The SMILES string of the molecule is O=C1NC(O)N([C@@H]2O[C@](F)(COP3(=O)OCc4cc(Cl)ccc4O3)[C@@H](O)[C@H]2O)C=C1F. The molecular formula is C16H16ClF2N2O9P. The van der Waals surface area contributed by atoms with Gasteiger partial charge in [-0.2, -0.15) is 4.39 Å². The lowest BCUT2D eigenvalue weighted by Gasteiger charge is -2.35. The van der Waals surface area contributed by atoms with Crippen molar-refractivity contribution in [3.05, 3.63) is 40.8 Å². The number of ether oxygens (including phenoxy) is 1. The third-order valence-electron chi connectivity index (χ3n) is 4.72. The van der Waals surface area contributed by atoms with Crippen LogP contribution in [0.2, 0.25) is 5.02 Å². The van der Waals surface area contributed by atoms with Crippen LogP contribution < -0.4 is 9.84 Å². The largest absolute Gasteiger partial charge is 0.530 e. The summed E-state index contributed by atoms with van der Waals surface area (Å²) in [7, 11) is -4.33. The molecule has 1 aromatic carbocycles. The molecule has 6 atom stereocenters. The number of nitrogens with zero attached hydrogens (tertiary/aromatic N) is 1. The van der Waals surface area contributed by atoms with E-state index in [-0.39, 0.29) is 12.4 Å². The highest BCUT2D eigenvalue weighted by Crippen LogP contribution is 2.55.